The summed E-state index contributed by atoms with van der Waals surface area (Å²) in [7, 11) is 1.88. The Morgan fingerprint density at radius 3 is 2.64 bits per heavy atom. The molecule has 1 saturated carbocycles. The summed E-state index contributed by atoms with van der Waals surface area (Å²) in [6.45, 7) is 7.02. The predicted molar refractivity (Wildman–Crippen MR) is 115 cm³/mol. The molecule has 2 fully saturated rings. The number of halogens is 1. The van der Waals surface area contributed by atoms with E-state index in [2.05, 4.69) is 52.5 Å². The van der Waals surface area contributed by atoms with Crippen molar-refractivity contribution < 1.29 is 4.74 Å². The topological polar surface area (TPSA) is 36.9 Å². The number of hydrogen-bond donors (Lipinski definition) is 1. The maximum absolute atomic E-state index is 5.70. The maximum Gasteiger partial charge on any atom is 0.193 e. The highest BCUT2D eigenvalue weighted by Gasteiger charge is 2.28. The number of nitrogens with zero attached hydrogens (tertiary/aromatic N) is 2. The zero-order valence-corrected chi connectivity index (χ0v) is 17.8. The molecule has 0 radical (unpaired) electrons. The molecular weight excluding hydrogens is 425 g/mol. The Kier molecular flexibility index (Phi) is 8.49. The molecule has 2 aliphatic rings. The van der Waals surface area contributed by atoms with Gasteiger partial charge in [0.2, 0.25) is 0 Å². The van der Waals surface area contributed by atoms with Crippen molar-refractivity contribution >= 4 is 29.9 Å². The second-order valence-electron chi connectivity index (χ2n) is 7.22. The first-order valence-corrected chi connectivity index (χ1v) is 9.36. The van der Waals surface area contributed by atoms with E-state index in [9.17, 15) is 0 Å². The van der Waals surface area contributed by atoms with Crippen molar-refractivity contribution in [2.75, 3.05) is 39.9 Å². The summed E-state index contributed by atoms with van der Waals surface area (Å²) >= 11 is 0. The Bertz CT molecular complexity index is 533. The van der Waals surface area contributed by atoms with E-state index in [0.717, 1.165) is 44.7 Å². The summed E-state index contributed by atoms with van der Waals surface area (Å²) in [6.07, 6.45) is 3.89. The fourth-order valence-corrected chi connectivity index (χ4v) is 3.64. The van der Waals surface area contributed by atoms with Gasteiger partial charge >= 0.3 is 0 Å². The molecule has 140 valence electrons. The van der Waals surface area contributed by atoms with Gasteiger partial charge in [0.25, 0.3) is 0 Å². The summed E-state index contributed by atoms with van der Waals surface area (Å²) < 4.78 is 5.70. The van der Waals surface area contributed by atoms with Crippen LogP contribution in [0.15, 0.2) is 35.3 Å². The van der Waals surface area contributed by atoms with Crippen LogP contribution < -0.4 is 5.32 Å². The average Bonchev–Trinajstić information content (AvgIpc) is 3.43. The van der Waals surface area contributed by atoms with Crippen molar-refractivity contribution in [3.63, 3.8) is 0 Å². The quantitative estimate of drug-likeness (QED) is 0.306. The first-order chi connectivity index (χ1) is 11.8. The molecule has 1 aliphatic carbocycles. The lowest BCUT2D eigenvalue weighted by molar-refractivity contribution is 0.128. The van der Waals surface area contributed by atoms with E-state index >= 15 is 0 Å². The van der Waals surface area contributed by atoms with Crippen molar-refractivity contribution in [2.45, 2.75) is 32.1 Å². The van der Waals surface area contributed by atoms with Gasteiger partial charge in [0.15, 0.2) is 5.96 Å². The number of hydrogen-bond acceptors (Lipinski definition) is 2. The minimum Gasteiger partial charge on any atom is -0.379 e. The molecule has 0 aromatic heterocycles. The molecule has 2 unspecified atom stereocenters. The highest BCUT2D eigenvalue weighted by molar-refractivity contribution is 14.0. The van der Waals surface area contributed by atoms with Gasteiger partial charge in [-0.15, -0.1) is 24.0 Å². The molecule has 0 bridgehead atoms. The van der Waals surface area contributed by atoms with Crippen LogP contribution in [0, 0.1) is 11.8 Å². The van der Waals surface area contributed by atoms with Gasteiger partial charge in [-0.3, -0.25) is 4.99 Å². The zero-order chi connectivity index (χ0) is 16.8. The molecule has 0 amide bonds. The third-order valence-corrected chi connectivity index (χ3v) is 5.22. The van der Waals surface area contributed by atoms with Crippen LogP contribution in [-0.2, 0) is 4.74 Å². The van der Waals surface area contributed by atoms with Crippen molar-refractivity contribution in [3.8, 4) is 0 Å². The third-order valence-electron chi connectivity index (χ3n) is 5.22. The number of nitrogens with one attached hydrogen (secondary N) is 1. The van der Waals surface area contributed by atoms with Crippen LogP contribution in [0.25, 0.3) is 0 Å². The summed E-state index contributed by atoms with van der Waals surface area (Å²) in [5.41, 5.74) is 1.47. The number of aliphatic imine (C=N–C) groups is 1. The first kappa shape index (κ1) is 20.5. The number of piperidine rings is 1. The van der Waals surface area contributed by atoms with Gasteiger partial charge < -0.3 is 15.0 Å². The van der Waals surface area contributed by atoms with Crippen molar-refractivity contribution in [1.29, 1.82) is 0 Å². The summed E-state index contributed by atoms with van der Waals surface area (Å²) in [6, 6.07) is 10.9. The number of likely N-dealkylation sites (tertiary alicyclic amines) is 1. The Balaban J connectivity index is 0.00000225. The first-order valence-electron chi connectivity index (χ1n) is 9.36. The SMILES string of the molecule is CN=C(NCCOCC1CC1)N1CCC(c2ccccc2)C(C)C1.I. The fraction of sp³-hybridized carbons (Fsp3) is 0.650. The monoisotopic (exact) mass is 457 g/mol. The number of ether oxygens (including phenoxy) is 1. The molecule has 2 atom stereocenters. The van der Waals surface area contributed by atoms with Crippen LogP contribution >= 0.6 is 24.0 Å². The molecule has 3 rings (SSSR count). The summed E-state index contributed by atoms with van der Waals surface area (Å²) in [5, 5.41) is 3.46. The Labute approximate surface area is 169 Å². The predicted octanol–water partition coefficient (Wildman–Crippen LogP) is 3.73. The Hall–Kier alpha value is -0.820. The van der Waals surface area contributed by atoms with Gasteiger partial charge in [-0.25, -0.2) is 0 Å². The highest BCUT2D eigenvalue weighted by atomic mass is 127. The van der Waals surface area contributed by atoms with Gasteiger partial charge in [0, 0.05) is 33.3 Å². The van der Waals surface area contributed by atoms with E-state index in [4.69, 9.17) is 4.74 Å². The molecule has 1 N–H and O–H groups in total. The zero-order valence-electron chi connectivity index (χ0n) is 15.5. The summed E-state index contributed by atoms with van der Waals surface area (Å²) in [5.74, 6) is 3.14. The van der Waals surface area contributed by atoms with Crippen LogP contribution in [0.3, 0.4) is 0 Å². The molecule has 1 aliphatic heterocycles. The van der Waals surface area contributed by atoms with E-state index in [1.54, 1.807) is 0 Å². The minimum absolute atomic E-state index is 0. The number of guanidine groups is 1. The molecule has 5 heteroatoms. The van der Waals surface area contributed by atoms with Crippen LogP contribution in [-0.4, -0.2) is 50.8 Å². The van der Waals surface area contributed by atoms with E-state index in [1.807, 2.05) is 7.05 Å². The fourth-order valence-electron chi connectivity index (χ4n) is 3.64. The maximum atomic E-state index is 5.70. The molecule has 25 heavy (non-hydrogen) atoms. The molecule has 1 saturated heterocycles. The lowest BCUT2D eigenvalue weighted by Crippen LogP contribution is -2.48. The van der Waals surface area contributed by atoms with Crippen LogP contribution in [0.1, 0.15) is 37.7 Å². The number of rotatable bonds is 6. The molecular formula is C20H32IN3O. The molecule has 0 spiro atoms. The van der Waals surface area contributed by atoms with Crippen molar-refractivity contribution in [3.05, 3.63) is 35.9 Å². The van der Waals surface area contributed by atoms with Crippen molar-refractivity contribution in [2.24, 2.45) is 16.8 Å². The summed E-state index contributed by atoms with van der Waals surface area (Å²) in [4.78, 5) is 6.86. The van der Waals surface area contributed by atoms with E-state index in [1.165, 1.54) is 24.8 Å². The normalized spacial score (nSPS) is 23.9. The second kappa shape index (κ2) is 10.4. The van der Waals surface area contributed by atoms with Crippen LogP contribution in [0.4, 0.5) is 0 Å². The lowest BCUT2D eigenvalue weighted by atomic mass is 9.82. The van der Waals surface area contributed by atoms with E-state index < -0.39 is 0 Å². The molecule has 1 aromatic carbocycles. The molecule has 4 nitrogen and oxygen atoms in total. The number of benzene rings is 1. The van der Waals surface area contributed by atoms with Crippen molar-refractivity contribution in [1.82, 2.24) is 10.2 Å². The van der Waals surface area contributed by atoms with Gasteiger partial charge in [0.1, 0.15) is 0 Å². The standard InChI is InChI=1S/C20H31N3O.HI/c1-16-14-23(12-10-19(16)18-6-4-3-5-7-18)20(21-2)22-11-13-24-15-17-8-9-17;/h3-7,16-17,19H,8-15H2,1-2H3,(H,21,22);1H. The van der Waals surface area contributed by atoms with Crippen LogP contribution in [0.5, 0.6) is 0 Å². The smallest absolute Gasteiger partial charge is 0.193 e. The van der Waals surface area contributed by atoms with Gasteiger partial charge in [-0.2, -0.15) is 0 Å². The molecule has 1 heterocycles. The lowest BCUT2D eigenvalue weighted by Gasteiger charge is -2.38. The largest absolute Gasteiger partial charge is 0.379 e. The van der Waals surface area contributed by atoms with Crippen LogP contribution in [0.2, 0.25) is 0 Å². The highest BCUT2D eigenvalue weighted by Crippen LogP contribution is 2.32. The van der Waals surface area contributed by atoms with E-state index in [0.29, 0.717) is 11.8 Å². The Morgan fingerprint density at radius 2 is 2.00 bits per heavy atom. The minimum atomic E-state index is 0. The third kappa shape index (κ3) is 6.13. The second-order valence-corrected chi connectivity index (χ2v) is 7.22. The van der Waals surface area contributed by atoms with Gasteiger partial charge in [-0.05, 0) is 42.6 Å². The Morgan fingerprint density at radius 1 is 1.24 bits per heavy atom. The van der Waals surface area contributed by atoms with E-state index in [-0.39, 0.29) is 24.0 Å². The molecule has 1 aromatic rings. The van der Waals surface area contributed by atoms with Gasteiger partial charge in [0.05, 0.1) is 6.61 Å². The average molecular weight is 457 g/mol. The van der Waals surface area contributed by atoms with Gasteiger partial charge in [-0.1, -0.05) is 37.3 Å².